The minimum absolute atomic E-state index is 0.0435. The van der Waals surface area contributed by atoms with Crippen molar-refractivity contribution in [3.8, 4) is 0 Å². The first-order chi connectivity index (χ1) is 6.11. The Bertz CT molecular complexity index is 294. The Balaban J connectivity index is 3.11. The van der Waals surface area contributed by atoms with E-state index in [1.54, 1.807) is 0 Å². The molecule has 0 radical (unpaired) electrons. The van der Waals surface area contributed by atoms with Gasteiger partial charge in [0.2, 0.25) is 0 Å². The molecule has 0 aliphatic rings. The van der Waals surface area contributed by atoms with Gasteiger partial charge in [0.1, 0.15) is 0 Å². The topological polar surface area (TPSA) is 3.88 Å². The molecular weight excluding hydrogens is 273 g/mol. The Morgan fingerprint density at radius 3 is 2.31 bits per heavy atom. The number of pyridine rings is 1. The normalized spacial score (nSPS) is 15.0. The van der Waals surface area contributed by atoms with Crippen LogP contribution < -0.4 is 4.57 Å². The van der Waals surface area contributed by atoms with Gasteiger partial charge in [0.05, 0.1) is 4.43 Å². The van der Waals surface area contributed by atoms with Gasteiger partial charge in [-0.05, 0) is 12.5 Å². The van der Waals surface area contributed by atoms with Crippen molar-refractivity contribution in [2.24, 2.45) is 0 Å². The number of nitrogens with zero attached hydrogens (tertiary/aromatic N) is 1. The van der Waals surface area contributed by atoms with Crippen LogP contribution in [0.15, 0.2) is 42.7 Å². The van der Waals surface area contributed by atoms with Crippen molar-refractivity contribution in [3.63, 3.8) is 0 Å². The maximum absolute atomic E-state index is 4.05. The molecule has 70 valence electrons. The Hall–Kier alpha value is -0.380. The van der Waals surface area contributed by atoms with E-state index >= 15 is 0 Å². The molecule has 0 spiro atoms. The molecule has 0 bridgehead atoms. The van der Waals surface area contributed by atoms with E-state index < -0.39 is 0 Å². The van der Waals surface area contributed by atoms with Crippen LogP contribution in [0.3, 0.4) is 0 Å². The average molecular weight is 288 g/mol. The fraction of sp³-hybridized carbons (Fsp3) is 0.364. The van der Waals surface area contributed by atoms with E-state index in [0.29, 0.717) is 0 Å². The maximum Gasteiger partial charge on any atom is 0.194 e. The Labute approximate surface area is 93.6 Å². The van der Waals surface area contributed by atoms with E-state index in [0.717, 1.165) is 4.43 Å². The lowest BCUT2D eigenvalue weighted by Gasteiger charge is -2.21. The molecule has 0 aliphatic heterocycles. The van der Waals surface area contributed by atoms with Gasteiger partial charge in [0, 0.05) is 19.1 Å². The molecule has 0 fully saturated rings. The summed E-state index contributed by atoms with van der Waals surface area (Å²) in [5.74, 6) is 0. The predicted octanol–water partition coefficient (Wildman–Crippen LogP) is 2.70. The summed E-state index contributed by atoms with van der Waals surface area (Å²) in [4.78, 5) is 0. The van der Waals surface area contributed by atoms with E-state index in [4.69, 9.17) is 0 Å². The number of alkyl halides is 1. The maximum atomic E-state index is 4.05. The predicted molar refractivity (Wildman–Crippen MR) is 64.0 cm³/mol. The van der Waals surface area contributed by atoms with Gasteiger partial charge >= 0.3 is 0 Å². The van der Waals surface area contributed by atoms with Gasteiger partial charge < -0.3 is 0 Å². The Morgan fingerprint density at radius 2 is 1.92 bits per heavy atom. The molecular formula is C11H15IN+. The highest BCUT2D eigenvalue weighted by atomic mass is 127. The van der Waals surface area contributed by atoms with Crippen LogP contribution in [0.1, 0.15) is 13.8 Å². The van der Waals surface area contributed by atoms with Gasteiger partial charge in [-0.25, -0.2) is 0 Å². The van der Waals surface area contributed by atoms with E-state index in [9.17, 15) is 0 Å². The quantitative estimate of drug-likeness (QED) is 0.348. The summed E-state index contributed by atoms with van der Waals surface area (Å²) in [6, 6.07) is 6.13. The smallest absolute Gasteiger partial charge is 0.194 e. The lowest BCUT2D eigenvalue weighted by molar-refractivity contribution is -0.746. The molecule has 1 nitrogen and oxygen atoms in total. The summed E-state index contributed by atoms with van der Waals surface area (Å²) < 4.78 is 3.25. The molecule has 13 heavy (non-hydrogen) atoms. The van der Waals surface area contributed by atoms with Crippen LogP contribution in [0.4, 0.5) is 0 Å². The minimum Gasteiger partial charge on any atom is -0.195 e. The summed E-state index contributed by atoms with van der Waals surface area (Å²) in [6.07, 6.45) is 4.18. The van der Waals surface area contributed by atoms with Crippen LogP contribution in [0.25, 0.3) is 0 Å². The second-order valence-corrected chi connectivity index (χ2v) is 4.23. The van der Waals surface area contributed by atoms with Crippen molar-refractivity contribution in [2.75, 3.05) is 4.43 Å². The molecule has 1 aromatic heterocycles. The molecule has 0 aromatic carbocycles. The molecule has 2 heteroatoms. The average Bonchev–Trinajstić information content (AvgIpc) is 2.17. The van der Waals surface area contributed by atoms with Crippen LogP contribution in [0, 0.1) is 0 Å². The van der Waals surface area contributed by atoms with Crippen molar-refractivity contribution in [1.82, 2.24) is 0 Å². The fourth-order valence-electron chi connectivity index (χ4n) is 1.13. The molecule has 1 atom stereocenters. The molecule has 1 aromatic rings. The number of hydrogen-bond donors (Lipinski definition) is 0. The first-order valence-electron chi connectivity index (χ1n) is 4.30. The third kappa shape index (κ3) is 2.10. The first-order valence-corrected chi connectivity index (χ1v) is 5.82. The highest BCUT2D eigenvalue weighted by Gasteiger charge is 2.33. The van der Waals surface area contributed by atoms with Crippen LogP contribution in [-0.2, 0) is 5.54 Å². The number of hydrogen-bond acceptors (Lipinski definition) is 0. The summed E-state index contributed by atoms with van der Waals surface area (Å²) in [6.45, 7) is 8.34. The zero-order chi connectivity index (χ0) is 9.90. The Kier molecular flexibility index (Phi) is 3.47. The molecule has 0 N–H and O–H groups in total. The fourth-order valence-corrected chi connectivity index (χ4v) is 2.18. The van der Waals surface area contributed by atoms with Crippen LogP contribution >= 0.6 is 22.6 Å². The lowest BCUT2D eigenvalue weighted by Crippen LogP contribution is -2.55. The zero-order valence-corrected chi connectivity index (χ0v) is 10.3. The molecule has 1 unspecified atom stereocenters. The SMILES string of the molecule is C=C(C)C(C)(CI)[n+]1ccccc1. The van der Waals surface area contributed by atoms with Gasteiger partial charge in [-0.1, -0.05) is 35.2 Å². The largest absolute Gasteiger partial charge is 0.195 e. The molecule has 0 saturated carbocycles. The summed E-state index contributed by atoms with van der Waals surface area (Å²) in [7, 11) is 0. The van der Waals surface area contributed by atoms with Gasteiger partial charge in [0.25, 0.3) is 0 Å². The summed E-state index contributed by atoms with van der Waals surface area (Å²) >= 11 is 2.40. The number of rotatable bonds is 3. The first kappa shape index (κ1) is 10.7. The second-order valence-electron chi connectivity index (χ2n) is 3.47. The molecule has 0 amide bonds. The highest BCUT2D eigenvalue weighted by Crippen LogP contribution is 2.19. The van der Waals surface area contributed by atoms with Gasteiger partial charge in [0.15, 0.2) is 17.9 Å². The van der Waals surface area contributed by atoms with Crippen molar-refractivity contribution in [3.05, 3.63) is 42.7 Å². The standard InChI is InChI=1S/C11H15IN/c1-10(2)11(3,9-12)13-7-5-4-6-8-13/h4-8H,1,9H2,2-3H3/q+1. The van der Waals surface area contributed by atoms with Crippen molar-refractivity contribution >= 4 is 22.6 Å². The summed E-state index contributed by atoms with van der Waals surface area (Å²) in [5, 5.41) is 0. The van der Waals surface area contributed by atoms with Crippen LogP contribution in [0.5, 0.6) is 0 Å². The second kappa shape index (κ2) is 4.22. The van der Waals surface area contributed by atoms with E-state index in [-0.39, 0.29) is 5.54 Å². The minimum atomic E-state index is 0.0435. The Morgan fingerprint density at radius 1 is 1.38 bits per heavy atom. The van der Waals surface area contributed by atoms with Gasteiger partial charge in [-0.2, -0.15) is 4.57 Å². The summed E-state index contributed by atoms with van der Waals surface area (Å²) in [5.41, 5.74) is 1.24. The third-order valence-electron chi connectivity index (χ3n) is 2.47. The molecule has 0 aliphatic carbocycles. The van der Waals surface area contributed by atoms with Crippen LogP contribution in [0.2, 0.25) is 0 Å². The zero-order valence-electron chi connectivity index (χ0n) is 8.13. The lowest BCUT2D eigenvalue weighted by atomic mass is 9.96. The van der Waals surface area contributed by atoms with Gasteiger partial charge in [-0.3, -0.25) is 0 Å². The van der Waals surface area contributed by atoms with Crippen molar-refractivity contribution < 1.29 is 4.57 Å². The van der Waals surface area contributed by atoms with Crippen molar-refractivity contribution in [2.45, 2.75) is 19.4 Å². The van der Waals surface area contributed by atoms with Crippen molar-refractivity contribution in [1.29, 1.82) is 0 Å². The number of halogens is 1. The molecule has 0 saturated heterocycles. The van der Waals surface area contributed by atoms with E-state index in [1.807, 2.05) is 18.2 Å². The van der Waals surface area contributed by atoms with E-state index in [1.165, 1.54) is 5.57 Å². The monoisotopic (exact) mass is 288 g/mol. The van der Waals surface area contributed by atoms with E-state index in [2.05, 4.69) is 60.0 Å². The third-order valence-corrected chi connectivity index (χ3v) is 3.95. The van der Waals surface area contributed by atoms with Crippen LogP contribution in [-0.4, -0.2) is 4.43 Å². The highest BCUT2D eigenvalue weighted by molar-refractivity contribution is 14.1. The number of allylic oxidation sites excluding steroid dienone is 1. The van der Waals surface area contributed by atoms with Gasteiger partial charge in [-0.15, -0.1) is 0 Å². The molecule has 1 rings (SSSR count). The molecule has 1 heterocycles. The number of aromatic nitrogens is 1.